The van der Waals surface area contributed by atoms with Crippen molar-refractivity contribution in [3.8, 4) is 0 Å². The summed E-state index contributed by atoms with van der Waals surface area (Å²) in [5, 5.41) is 4.49. The molecule has 3 aromatic heterocycles. The number of halogens is 1. The number of carbonyl (C=O) groups is 1. The zero-order chi connectivity index (χ0) is 21.7. The summed E-state index contributed by atoms with van der Waals surface area (Å²) >= 11 is 5.06. The average molecular weight is 498 g/mol. The van der Waals surface area contributed by atoms with Crippen LogP contribution in [0.1, 0.15) is 38.4 Å². The van der Waals surface area contributed by atoms with Gasteiger partial charge in [-0.05, 0) is 53.5 Å². The fourth-order valence-electron chi connectivity index (χ4n) is 4.03. The van der Waals surface area contributed by atoms with Gasteiger partial charge in [0.1, 0.15) is 15.5 Å². The van der Waals surface area contributed by atoms with Gasteiger partial charge in [0.15, 0.2) is 6.17 Å². The Bertz CT molecular complexity index is 1300. The molecule has 4 heterocycles. The molecular formula is C23H20BrN3O3S. The number of ether oxygens (including phenoxy) is 1. The van der Waals surface area contributed by atoms with Crippen LogP contribution in [0.3, 0.4) is 0 Å². The molecule has 0 spiro atoms. The lowest BCUT2D eigenvalue weighted by molar-refractivity contribution is 0.0976. The number of amides is 1. The number of rotatable bonds is 4. The number of methoxy groups -OCH3 is 1. The van der Waals surface area contributed by atoms with Crippen molar-refractivity contribution in [3.05, 3.63) is 74.6 Å². The van der Waals surface area contributed by atoms with E-state index in [-0.39, 0.29) is 5.91 Å². The smallest absolute Gasteiger partial charge is 0.272 e. The molecule has 0 saturated heterocycles. The fourth-order valence-corrected chi connectivity index (χ4v) is 5.58. The minimum atomic E-state index is -0.482. The third kappa shape index (κ3) is 3.17. The van der Waals surface area contributed by atoms with Crippen LogP contribution in [0.4, 0.5) is 11.4 Å². The number of benzene rings is 1. The number of para-hydroxylation sites is 1. The van der Waals surface area contributed by atoms with Gasteiger partial charge in [-0.1, -0.05) is 18.2 Å². The van der Waals surface area contributed by atoms with Gasteiger partial charge in [0, 0.05) is 28.2 Å². The maximum atomic E-state index is 13.9. The predicted molar refractivity (Wildman–Crippen MR) is 126 cm³/mol. The van der Waals surface area contributed by atoms with Crippen molar-refractivity contribution in [3.63, 3.8) is 0 Å². The molecule has 0 radical (unpaired) electrons. The van der Waals surface area contributed by atoms with E-state index in [4.69, 9.17) is 14.1 Å². The van der Waals surface area contributed by atoms with E-state index in [9.17, 15) is 4.79 Å². The number of hydrogen-bond donors (Lipinski definition) is 1. The standard InChI is InChI=1S/C23H20BrN3O3S/c1-12-7-4-5-8-15(12)27-21(16-9-6-10-30-16)26-19-17-14(11-29-3)18(24)13(2)25-22(17)31-20(19)23(27)28/h4-10,21,26H,11H2,1-3H3. The highest BCUT2D eigenvalue weighted by molar-refractivity contribution is 9.10. The van der Waals surface area contributed by atoms with Gasteiger partial charge in [-0.25, -0.2) is 4.98 Å². The summed E-state index contributed by atoms with van der Waals surface area (Å²) in [6.45, 7) is 4.36. The first-order valence-corrected chi connectivity index (χ1v) is 11.4. The predicted octanol–water partition coefficient (Wildman–Crippen LogP) is 6.19. The van der Waals surface area contributed by atoms with Crippen LogP contribution in [0.2, 0.25) is 0 Å². The van der Waals surface area contributed by atoms with Crippen LogP contribution in [0, 0.1) is 13.8 Å². The first-order chi connectivity index (χ1) is 15.0. The van der Waals surface area contributed by atoms with Gasteiger partial charge in [-0.15, -0.1) is 11.3 Å². The topological polar surface area (TPSA) is 67.6 Å². The quantitative estimate of drug-likeness (QED) is 0.364. The lowest BCUT2D eigenvalue weighted by atomic mass is 10.1. The van der Waals surface area contributed by atoms with Crippen molar-refractivity contribution in [1.29, 1.82) is 0 Å². The molecule has 1 amide bonds. The average Bonchev–Trinajstić information content (AvgIpc) is 3.40. The second kappa shape index (κ2) is 7.78. The van der Waals surface area contributed by atoms with E-state index in [1.807, 2.05) is 50.2 Å². The van der Waals surface area contributed by atoms with Crippen molar-refractivity contribution in [1.82, 2.24) is 4.98 Å². The highest BCUT2D eigenvalue weighted by atomic mass is 79.9. The van der Waals surface area contributed by atoms with Crippen LogP contribution in [0.5, 0.6) is 0 Å². The van der Waals surface area contributed by atoms with Gasteiger partial charge in [0.25, 0.3) is 5.91 Å². The Balaban J connectivity index is 1.77. The van der Waals surface area contributed by atoms with E-state index >= 15 is 0 Å². The number of nitrogens with one attached hydrogen (secondary N) is 1. The molecule has 8 heteroatoms. The molecule has 5 rings (SSSR count). The molecular weight excluding hydrogens is 478 g/mol. The van der Waals surface area contributed by atoms with Crippen molar-refractivity contribution in [2.45, 2.75) is 26.6 Å². The van der Waals surface area contributed by atoms with Gasteiger partial charge >= 0.3 is 0 Å². The Morgan fingerprint density at radius 3 is 2.77 bits per heavy atom. The number of fused-ring (bicyclic) bond motifs is 3. The van der Waals surface area contributed by atoms with Crippen LogP contribution in [-0.4, -0.2) is 18.0 Å². The van der Waals surface area contributed by atoms with Crippen LogP contribution in [0.25, 0.3) is 10.2 Å². The van der Waals surface area contributed by atoms with Crippen LogP contribution < -0.4 is 10.2 Å². The number of thiophene rings is 1. The second-order valence-corrected chi connectivity index (χ2v) is 9.23. The molecule has 0 bridgehead atoms. The maximum absolute atomic E-state index is 13.9. The lowest BCUT2D eigenvalue weighted by Crippen LogP contribution is -2.42. The molecule has 6 nitrogen and oxygen atoms in total. The van der Waals surface area contributed by atoms with E-state index in [1.54, 1.807) is 18.3 Å². The number of aromatic nitrogens is 1. The zero-order valence-corrected chi connectivity index (χ0v) is 19.6. The summed E-state index contributed by atoms with van der Waals surface area (Å²) in [5.74, 6) is 0.582. The molecule has 31 heavy (non-hydrogen) atoms. The normalized spacial score (nSPS) is 15.9. The van der Waals surface area contributed by atoms with Crippen LogP contribution in [-0.2, 0) is 11.3 Å². The monoisotopic (exact) mass is 497 g/mol. The second-order valence-electron chi connectivity index (χ2n) is 7.43. The Morgan fingerprint density at radius 2 is 2.06 bits per heavy atom. The number of carbonyl (C=O) groups excluding carboxylic acids is 1. The SMILES string of the molecule is COCc1c(Br)c(C)nc2sc3c(c12)NC(c1ccco1)N(c1ccccc1C)C3=O. The van der Waals surface area contributed by atoms with E-state index < -0.39 is 6.17 Å². The molecule has 1 aromatic carbocycles. The summed E-state index contributed by atoms with van der Waals surface area (Å²) < 4.78 is 12.1. The third-order valence-corrected chi connectivity index (χ3v) is 7.60. The number of hydrogen-bond acceptors (Lipinski definition) is 6. The van der Waals surface area contributed by atoms with E-state index in [0.29, 0.717) is 17.2 Å². The van der Waals surface area contributed by atoms with Gasteiger partial charge < -0.3 is 14.5 Å². The molecule has 1 aliphatic rings. The molecule has 0 saturated carbocycles. The van der Waals surface area contributed by atoms with Gasteiger partial charge in [0.2, 0.25) is 0 Å². The summed E-state index contributed by atoms with van der Waals surface area (Å²) in [6, 6.07) is 11.6. The molecule has 1 aliphatic heterocycles. The number of furan rings is 1. The van der Waals surface area contributed by atoms with Gasteiger partial charge in [-0.3, -0.25) is 9.69 Å². The Morgan fingerprint density at radius 1 is 1.26 bits per heavy atom. The minimum Gasteiger partial charge on any atom is -0.465 e. The van der Waals surface area contributed by atoms with Crippen molar-refractivity contribution < 1.29 is 13.9 Å². The number of aryl methyl sites for hydroxylation is 2. The lowest BCUT2D eigenvalue weighted by Gasteiger charge is -2.36. The summed E-state index contributed by atoms with van der Waals surface area (Å²) in [4.78, 5) is 21.8. The minimum absolute atomic E-state index is 0.0791. The third-order valence-electron chi connectivity index (χ3n) is 5.47. The van der Waals surface area contributed by atoms with Crippen molar-refractivity contribution in [2.24, 2.45) is 0 Å². The van der Waals surface area contributed by atoms with E-state index in [0.717, 1.165) is 42.9 Å². The number of nitrogens with zero attached hydrogens (tertiary/aromatic N) is 2. The molecule has 158 valence electrons. The summed E-state index contributed by atoms with van der Waals surface area (Å²) in [5.41, 5.74) is 4.47. The highest BCUT2D eigenvalue weighted by Crippen LogP contribution is 2.47. The molecule has 1 atom stereocenters. The van der Waals surface area contributed by atoms with Gasteiger partial charge in [0.05, 0.1) is 24.3 Å². The number of pyridine rings is 1. The molecule has 1 N–H and O–H groups in total. The Kier molecular flexibility index (Phi) is 5.08. The molecule has 4 aromatic rings. The molecule has 1 unspecified atom stereocenters. The van der Waals surface area contributed by atoms with E-state index in [2.05, 4.69) is 21.2 Å². The Labute approximate surface area is 192 Å². The summed E-state index contributed by atoms with van der Waals surface area (Å²) in [7, 11) is 1.66. The number of anilines is 2. The van der Waals surface area contributed by atoms with Crippen molar-refractivity contribution >= 4 is 54.8 Å². The summed E-state index contributed by atoms with van der Waals surface area (Å²) in [6.07, 6.45) is 1.14. The van der Waals surface area contributed by atoms with E-state index in [1.165, 1.54) is 11.3 Å². The highest BCUT2D eigenvalue weighted by Gasteiger charge is 2.39. The largest absolute Gasteiger partial charge is 0.465 e. The fraction of sp³-hybridized carbons (Fsp3) is 0.217. The molecule has 0 aliphatic carbocycles. The molecule has 0 fully saturated rings. The van der Waals surface area contributed by atoms with Crippen LogP contribution in [0.15, 0.2) is 51.6 Å². The van der Waals surface area contributed by atoms with Crippen LogP contribution >= 0.6 is 27.3 Å². The first kappa shape index (κ1) is 20.2. The first-order valence-electron chi connectivity index (χ1n) is 9.80. The van der Waals surface area contributed by atoms with Crippen molar-refractivity contribution in [2.75, 3.05) is 17.3 Å². The zero-order valence-electron chi connectivity index (χ0n) is 17.2. The Hall–Kier alpha value is -2.68. The maximum Gasteiger partial charge on any atom is 0.272 e. The van der Waals surface area contributed by atoms with Gasteiger partial charge in [-0.2, -0.15) is 0 Å².